The lowest BCUT2D eigenvalue weighted by atomic mass is 9.96. The molecule has 1 aliphatic heterocycles. The summed E-state index contributed by atoms with van der Waals surface area (Å²) >= 11 is 4.78. The van der Waals surface area contributed by atoms with Crippen LogP contribution in [0.3, 0.4) is 0 Å². The first kappa shape index (κ1) is 17.1. The number of pyridine rings is 1. The van der Waals surface area contributed by atoms with Crippen LogP contribution in [0.4, 0.5) is 0 Å². The lowest BCUT2D eigenvalue weighted by Gasteiger charge is -2.32. The molecular weight excluding hydrogens is 390 g/mol. The van der Waals surface area contributed by atoms with Crippen LogP contribution in [0.1, 0.15) is 32.9 Å². The minimum absolute atomic E-state index is 0.0282. The smallest absolute Gasteiger partial charge is 0.261 e. The molecule has 1 fully saturated rings. The number of likely N-dealkylation sites (tertiary alicyclic amines) is 1. The molecule has 0 radical (unpaired) electrons. The van der Waals surface area contributed by atoms with Gasteiger partial charge in [-0.05, 0) is 52.9 Å². The van der Waals surface area contributed by atoms with E-state index in [2.05, 4.69) is 26.2 Å². The third kappa shape index (κ3) is 4.21. The number of carbonyl (C=O) groups is 2. The maximum absolute atomic E-state index is 12.4. The Hall–Kier alpha value is -1.73. The number of nitrogens with zero attached hydrogens (tertiary/aromatic N) is 2. The molecule has 1 saturated heterocycles. The molecule has 0 bridgehead atoms. The van der Waals surface area contributed by atoms with E-state index in [4.69, 9.17) is 0 Å². The first-order valence-electron chi connectivity index (χ1n) is 7.85. The number of hydrogen-bond acceptors (Lipinski definition) is 4. The number of halogens is 1. The van der Waals surface area contributed by atoms with Gasteiger partial charge < -0.3 is 10.2 Å². The Bertz CT molecular complexity index is 712. The largest absolute Gasteiger partial charge is 0.351 e. The van der Waals surface area contributed by atoms with E-state index in [9.17, 15) is 9.59 Å². The third-order valence-corrected chi connectivity index (χ3v) is 5.84. The van der Waals surface area contributed by atoms with Gasteiger partial charge in [0.05, 0.1) is 10.4 Å². The molecule has 5 nitrogen and oxygen atoms in total. The number of piperidine rings is 1. The number of rotatable bonds is 4. The second kappa shape index (κ2) is 7.90. The van der Waals surface area contributed by atoms with Crippen molar-refractivity contribution in [1.29, 1.82) is 0 Å². The van der Waals surface area contributed by atoms with E-state index >= 15 is 0 Å². The van der Waals surface area contributed by atoms with Gasteiger partial charge in [-0.3, -0.25) is 14.6 Å². The average molecular weight is 408 g/mol. The summed E-state index contributed by atoms with van der Waals surface area (Å²) in [6.07, 6.45) is 5.08. The van der Waals surface area contributed by atoms with Crippen molar-refractivity contribution >= 4 is 39.1 Å². The Morgan fingerprint density at radius 1 is 1.38 bits per heavy atom. The van der Waals surface area contributed by atoms with E-state index in [1.165, 1.54) is 11.3 Å². The van der Waals surface area contributed by atoms with Crippen LogP contribution in [0.25, 0.3) is 0 Å². The molecule has 7 heteroatoms. The summed E-state index contributed by atoms with van der Waals surface area (Å²) in [6.45, 7) is 2.10. The summed E-state index contributed by atoms with van der Waals surface area (Å²) in [4.78, 5) is 31.0. The van der Waals surface area contributed by atoms with Crippen molar-refractivity contribution in [3.63, 3.8) is 0 Å². The van der Waals surface area contributed by atoms with Crippen LogP contribution in [0.2, 0.25) is 0 Å². The molecule has 2 aromatic heterocycles. The van der Waals surface area contributed by atoms with Crippen LogP contribution < -0.4 is 5.32 Å². The lowest BCUT2D eigenvalue weighted by molar-refractivity contribution is 0.0684. The number of amides is 2. The second-order valence-electron chi connectivity index (χ2n) is 5.82. The molecule has 0 spiro atoms. The van der Waals surface area contributed by atoms with E-state index in [0.717, 1.165) is 30.4 Å². The maximum atomic E-state index is 12.4. The van der Waals surface area contributed by atoms with Crippen molar-refractivity contribution in [2.75, 3.05) is 19.6 Å². The number of aromatic nitrogens is 1. The average Bonchev–Trinajstić information content (AvgIpc) is 3.07. The van der Waals surface area contributed by atoms with Crippen molar-refractivity contribution in [2.45, 2.75) is 12.8 Å². The molecule has 2 aromatic rings. The van der Waals surface area contributed by atoms with Crippen LogP contribution in [-0.4, -0.2) is 41.3 Å². The molecular formula is C17H18BrN3O2S. The van der Waals surface area contributed by atoms with Gasteiger partial charge in [-0.1, -0.05) is 0 Å². The van der Waals surface area contributed by atoms with Gasteiger partial charge in [0.15, 0.2) is 0 Å². The molecule has 0 aliphatic carbocycles. The molecule has 0 aromatic carbocycles. The summed E-state index contributed by atoms with van der Waals surface area (Å²) in [5, 5.41) is 4.90. The third-order valence-electron chi connectivity index (χ3n) is 4.15. The fraction of sp³-hybridized carbons (Fsp3) is 0.353. The summed E-state index contributed by atoms with van der Waals surface area (Å²) < 4.78 is 0.930. The highest BCUT2D eigenvalue weighted by molar-refractivity contribution is 9.10. The lowest BCUT2D eigenvalue weighted by Crippen LogP contribution is -2.41. The summed E-state index contributed by atoms with van der Waals surface area (Å²) in [5.74, 6) is 0.420. The van der Waals surface area contributed by atoms with Crippen LogP contribution in [0, 0.1) is 5.92 Å². The fourth-order valence-corrected chi connectivity index (χ4v) is 4.11. The quantitative estimate of drug-likeness (QED) is 0.846. The van der Waals surface area contributed by atoms with E-state index in [1.807, 2.05) is 16.3 Å². The first-order chi connectivity index (χ1) is 11.6. The zero-order chi connectivity index (χ0) is 16.9. The normalized spacial score (nSPS) is 15.3. The van der Waals surface area contributed by atoms with Crippen molar-refractivity contribution in [1.82, 2.24) is 15.2 Å². The Morgan fingerprint density at radius 3 is 2.79 bits per heavy atom. The minimum atomic E-state index is -0.0282. The molecule has 24 heavy (non-hydrogen) atoms. The monoisotopic (exact) mass is 407 g/mol. The SMILES string of the molecule is O=C(NCC1CCN(C(=O)c2cccnc2)CC1)c1cc(Br)cs1. The van der Waals surface area contributed by atoms with Crippen LogP contribution >= 0.6 is 27.3 Å². The summed E-state index contributed by atoms with van der Waals surface area (Å²) in [5.41, 5.74) is 0.632. The topological polar surface area (TPSA) is 62.3 Å². The highest BCUT2D eigenvalue weighted by Crippen LogP contribution is 2.21. The van der Waals surface area contributed by atoms with Gasteiger partial charge in [0.25, 0.3) is 11.8 Å². The van der Waals surface area contributed by atoms with E-state index in [0.29, 0.717) is 22.9 Å². The summed E-state index contributed by atoms with van der Waals surface area (Å²) in [6, 6.07) is 5.40. The predicted octanol–water partition coefficient (Wildman–Crippen LogP) is 3.19. The molecule has 2 amide bonds. The second-order valence-corrected chi connectivity index (χ2v) is 7.64. The van der Waals surface area contributed by atoms with Gasteiger partial charge in [0, 0.05) is 41.9 Å². The standard InChI is InChI=1S/C17H18BrN3O2S/c18-14-8-15(24-11-14)16(22)20-9-12-3-6-21(7-4-12)17(23)13-2-1-5-19-10-13/h1-2,5,8,10-12H,3-4,6-7,9H2,(H,20,22). The highest BCUT2D eigenvalue weighted by Gasteiger charge is 2.24. The van der Waals surface area contributed by atoms with Crippen LogP contribution in [0.5, 0.6) is 0 Å². The highest BCUT2D eigenvalue weighted by atomic mass is 79.9. The molecule has 3 rings (SSSR count). The molecule has 3 heterocycles. The minimum Gasteiger partial charge on any atom is -0.351 e. The van der Waals surface area contributed by atoms with E-state index < -0.39 is 0 Å². The number of hydrogen-bond donors (Lipinski definition) is 1. The van der Waals surface area contributed by atoms with Crippen molar-refractivity contribution in [3.8, 4) is 0 Å². The van der Waals surface area contributed by atoms with Gasteiger partial charge in [-0.25, -0.2) is 0 Å². The number of thiophene rings is 1. The van der Waals surface area contributed by atoms with Gasteiger partial charge in [-0.15, -0.1) is 11.3 Å². The fourth-order valence-electron chi connectivity index (χ4n) is 2.77. The van der Waals surface area contributed by atoms with E-state index in [-0.39, 0.29) is 11.8 Å². The maximum Gasteiger partial charge on any atom is 0.261 e. The van der Waals surface area contributed by atoms with E-state index in [1.54, 1.807) is 24.5 Å². The van der Waals surface area contributed by atoms with Crippen LogP contribution in [0.15, 0.2) is 40.4 Å². The van der Waals surface area contributed by atoms with Gasteiger partial charge in [-0.2, -0.15) is 0 Å². The van der Waals surface area contributed by atoms with Gasteiger partial charge in [0.2, 0.25) is 0 Å². The molecule has 0 saturated carbocycles. The Labute approximate surface area is 153 Å². The zero-order valence-corrected chi connectivity index (χ0v) is 15.5. The first-order valence-corrected chi connectivity index (χ1v) is 9.52. The number of carbonyl (C=O) groups excluding carboxylic acids is 2. The van der Waals surface area contributed by atoms with Crippen molar-refractivity contribution < 1.29 is 9.59 Å². The summed E-state index contributed by atoms with van der Waals surface area (Å²) in [7, 11) is 0. The van der Waals surface area contributed by atoms with Gasteiger partial charge >= 0.3 is 0 Å². The molecule has 0 atom stereocenters. The number of nitrogens with one attached hydrogen (secondary N) is 1. The Balaban J connectivity index is 1.45. The molecule has 126 valence electrons. The molecule has 0 unspecified atom stereocenters. The Kier molecular flexibility index (Phi) is 5.63. The Morgan fingerprint density at radius 2 is 2.17 bits per heavy atom. The van der Waals surface area contributed by atoms with Gasteiger partial charge in [0.1, 0.15) is 0 Å². The van der Waals surface area contributed by atoms with Crippen molar-refractivity contribution in [2.24, 2.45) is 5.92 Å². The van der Waals surface area contributed by atoms with Crippen LogP contribution in [-0.2, 0) is 0 Å². The van der Waals surface area contributed by atoms with Crippen molar-refractivity contribution in [3.05, 3.63) is 50.9 Å². The molecule has 1 aliphatic rings. The predicted molar refractivity (Wildman–Crippen MR) is 97.2 cm³/mol. The zero-order valence-electron chi connectivity index (χ0n) is 13.1. The molecule has 1 N–H and O–H groups in total.